The minimum Gasteiger partial charge on any atom is -0.307 e. The summed E-state index contributed by atoms with van der Waals surface area (Å²) in [7, 11) is 0. The summed E-state index contributed by atoms with van der Waals surface area (Å²) in [5.41, 5.74) is 0. The summed E-state index contributed by atoms with van der Waals surface area (Å²) in [4.78, 5) is 11.6. The largest absolute Gasteiger partial charge is 0.307 e. The van der Waals surface area contributed by atoms with Gasteiger partial charge in [0.15, 0.2) is 0 Å². The van der Waals surface area contributed by atoms with Gasteiger partial charge in [0.25, 0.3) is 0 Å². The minimum atomic E-state index is -0.312. The van der Waals surface area contributed by atoms with Crippen molar-refractivity contribution in [3.8, 4) is 0 Å². The van der Waals surface area contributed by atoms with Crippen LogP contribution in [0.25, 0.3) is 0 Å². The van der Waals surface area contributed by atoms with Crippen molar-refractivity contribution in [1.82, 2.24) is 4.98 Å². The summed E-state index contributed by atoms with van der Waals surface area (Å²) < 4.78 is 12.7. The number of carbonyl (C=O) groups excluding carboxylic acids is 1. The van der Waals surface area contributed by atoms with E-state index in [0.29, 0.717) is 4.60 Å². The lowest BCUT2D eigenvalue weighted by Crippen LogP contribution is -1.75. The summed E-state index contributed by atoms with van der Waals surface area (Å²) in [6, 6.07) is 2.90. The Kier molecular flexibility index (Phi) is 4.66. The van der Waals surface area contributed by atoms with Crippen LogP contribution in [-0.2, 0) is 4.79 Å². The predicted octanol–water partition coefficient (Wildman–Crippen LogP) is 1.80. The van der Waals surface area contributed by atoms with E-state index in [4.69, 9.17) is 4.79 Å². The highest BCUT2D eigenvalue weighted by Crippen LogP contribution is 2.03. The van der Waals surface area contributed by atoms with Gasteiger partial charge in [0, 0.05) is 0 Å². The molecule has 0 bridgehead atoms. The SMILES string of the molecule is C=O.Fc1ccc(Br)nc1. The van der Waals surface area contributed by atoms with E-state index in [1.54, 1.807) is 6.07 Å². The average molecular weight is 206 g/mol. The van der Waals surface area contributed by atoms with Crippen molar-refractivity contribution in [2.75, 3.05) is 0 Å². The fraction of sp³-hybridized carbons (Fsp3) is 0. The van der Waals surface area contributed by atoms with Crippen molar-refractivity contribution in [2.45, 2.75) is 0 Å². The van der Waals surface area contributed by atoms with E-state index in [9.17, 15) is 4.39 Å². The third-order valence-electron chi connectivity index (χ3n) is 0.691. The molecule has 1 heterocycles. The summed E-state index contributed by atoms with van der Waals surface area (Å²) >= 11 is 3.07. The van der Waals surface area contributed by atoms with Gasteiger partial charge in [0.1, 0.15) is 17.2 Å². The molecule has 0 aliphatic carbocycles. The number of aromatic nitrogens is 1. The van der Waals surface area contributed by atoms with Crippen molar-refractivity contribution in [3.05, 3.63) is 28.7 Å². The third kappa shape index (κ3) is 3.29. The van der Waals surface area contributed by atoms with Crippen LogP contribution in [0.5, 0.6) is 0 Å². The zero-order chi connectivity index (χ0) is 7.98. The van der Waals surface area contributed by atoms with Crippen LogP contribution in [-0.4, -0.2) is 11.8 Å². The van der Waals surface area contributed by atoms with Crippen LogP contribution in [0, 0.1) is 5.82 Å². The van der Waals surface area contributed by atoms with Gasteiger partial charge in [0.2, 0.25) is 0 Å². The summed E-state index contributed by atoms with van der Waals surface area (Å²) in [6.45, 7) is 2.00. The Morgan fingerprint density at radius 2 is 2.10 bits per heavy atom. The zero-order valence-electron chi connectivity index (χ0n) is 5.05. The zero-order valence-corrected chi connectivity index (χ0v) is 6.64. The maximum Gasteiger partial charge on any atom is 0.141 e. The predicted molar refractivity (Wildman–Crippen MR) is 39.0 cm³/mol. The minimum absolute atomic E-state index is 0.312. The van der Waals surface area contributed by atoms with Crippen LogP contribution in [0.3, 0.4) is 0 Å². The fourth-order valence-electron chi connectivity index (χ4n) is 0.358. The maximum atomic E-state index is 12.0. The molecule has 0 radical (unpaired) electrons. The molecule has 0 saturated heterocycles. The average Bonchev–Trinajstić information content (AvgIpc) is 2.00. The molecule has 2 nitrogen and oxygen atoms in total. The van der Waals surface area contributed by atoms with Gasteiger partial charge < -0.3 is 4.79 Å². The van der Waals surface area contributed by atoms with Gasteiger partial charge in [-0.25, -0.2) is 9.37 Å². The Morgan fingerprint density at radius 3 is 2.40 bits per heavy atom. The molecule has 1 rings (SSSR count). The molecule has 0 unspecified atom stereocenters. The van der Waals surface area contributed by atoms with Gasteiger partial charge in [-0.05, 0) is 28.1 Å². The second-order valence-corrected chi connectivity index (χ2v) is 2.11. The van der Waals surface area contributed by atoms with E-state index in [0.717, 1.165) is 6.20 Å². The summed E-state index contributed by atoms with van der Waals surface area (Å²) in [5.74, 6) is -0.312. The molecular formula is C6H5BrFNO. The highest BCUT2D eigenvalue weighted by atomic mass is 79.9. The molecule has 54 valence electrons. The number of hydrogen-bond donors (Lipinski definition) is 0. The molecule has 1 aromatic rings. The van der Waals surface area contributed by atoms with Gasteiger partial charge in [0.05, 0.1) is 6.20 Å². The number of rotatable bonds is 0. The highest BCUT2D eigenvalue weighted by Gasteiger charge is 1.86. The molecule has 10 heavy (non-hydrogen) atoms. The Morgan fingerprint density at radius 1 is 1.50 bits per heavy atom. The van der Waals surface area contributed by atoms with E-state index < -0.39 is 0 Å². The number of carbonyl (C=O) groups is 1. The van der Waals surface area contributed by atoms with Crippen molar-refractivity contribution in [2.24, 2.45) is 0 Å². The van der Waals surface area contributed by atoms with Gasteiger partial charge in [-0.1, -0.05) is 0 Å². The van der Waals surface area contributed by atoms with Crippen LogP contribution in [0.4, 0.5) is 4.39 Å². The lowest BCUT2D eigenvalue weighted by atomic mass is 10.5. The van der Waals surface area contributed by atoms with E-state index in [1.807, 2.05) is 6.79 Å². The molecule has 1 aromatic heterocycles. The number of nitrogens with zero attached hydrogens (tertiary/aromatic N) is 1. The standard InChI is InChI=1S/C5H3BrFN.CH2O/c6-5-2-1-4(7)3-8-5;1-2/h1-3H;1H2. The van der Waals surface area contributed by atoms with Crippen molar-refractivity contribution in [3.63, 3.8) is 0 Å². The van der Waals surface area contributed by atoms with Crippen LogP contribution in [0.1, 0.15) is 0 Å². The van der Waals surface area contributed by atoms with E-state index in [1.165, 1.54) is 6.07 Å². The molecular weight excluding hydrogens is 201 g/mol. The van der Waals surface area contributed by atoms with Gasteiger partial charge in [-0.2, -0.15) is 0 Å². The molecule has 4 heteroatoms. The smallest absolute Gasteiger partial charge is 0.141 e. The Labute approximate surface area is 66.2 Å². The van der Waals surface area contributed by atoms with Crippen LogP contribution < -0.4 is 0 Å². The fourth-order valence-corrected chi connectivity index (χ4v) is 0.592. The topological polar surface area (TPSA) is 30.0 Å². The maximum absolute atomic E-state index is 12.0. The molecule has 0 aliphatic heterocycles. The van der Waals surface area contributed by atoms with Gasteiger partial charge >= 0.3 is 0 Å². The van der Waals surface area contributed by atoms with Crippen molar-refractivity contribution >= 4 is 22.7 Å². The van der Waals surface area contributed by atoms with Crippen molar-refractivity contribution in [1.29, 1.82) is 0 Å². The molecule has 0 aromatic carbocycles. The highest BCUT2D eigenvalue weighted by molar-refractivity contribution is 9.10. The molecule has 0 atom stereocenters. The van der Waals surface area contributed by atoms with Crippen molar-refractivity contribution < 1.29 is 9.18 Å². The van der Waals surface area contributed by atoms with Gasteiger partial charge in [-0.15, -0.1) is 0 Å². The van der Waals surface area contributed by atoms with E-state index in [-0.39, 0.29) is 5.82 Å². The monoisotopic (exact) mass is 205 g/mol. The van der Waals surface area contributed by atoms with E-state index >= 15 is 0 Å². The number of hydrogen-bond acceptors (Lipinski definition) is 2. The number of halogens is 2. The first-order valence-corrected chi connectivity index (χ1v) is 3.14. The normalized spacial score (nSPS) is 7.80. The molecule has 0 N–H and O–H groups in total. The lowest BCUT2D eigenvalue weighted by molar-refractivity contribution is -0.0979. The summed E-state index contributed by atoms with van der Waals surface area (Å²) in [6.07, 6.45) is 1.16. The lowest BCUT2D eigenvalue weighted by Gasteiger charge is -1.84. The van der Waals surface area contributed by atoms with Crippen LogP contribution in [0.15, 0.2) is 22.9 Å². The second-order valence-electron chi connectivity index (χ2n) is 1.30. The Bertz CT molecular complexity index is 168. The molecule has 0 saturated carbocycles. The van der Waals surface area contributed by atoms with Crippen LogP contribution in [0.2, 0.25) is 0 Å². The van der Waals surface area contributed by atoms with E-state index in [2.05, 4.69) is 20.9 Å². The quantitative estimate of drug-likeness (QED) is 0.605. The third-order valence-corrected chi connectivity index (χ3v) is 1.16. The van der Waals surface area contributed by atoms with Crippen LogP contribution >= 0.6 is 15.9 Å². The number of pyridine rings is 1. The van der Waals surface area contributed by atoms with Gasteiger partial charge in [-0.3, -0.25) is 0 Å². The molecule has 0 aliphatic rings. The molecule has 0 fully saturated rings. The summed E-state index contributed by atoms with van der Waals surface area (Å²) in [5, 5.41) is 0. The Balaban J connectivity index is 0.000000371. The first-order chi connectivity index (χ1) is 4.79. The Hall–Kier alpha value is -0.770. The molecule has 0 spiro atoms. The molecule has 0 amide bonds. The first-order valence-electron chi connectivity index (χ1n) is 2.35. The first kappa shape index (κ1) is 9.23. The second kappa shape index (κ2) is 5.05.